The van der Waals surface area contributed by atoms with E-state index in [0.29, 0.717) is 11.6 Å². The molecule has 3 aromatic rings. The second kappa shape index (κ2) is 9.83. The summed E-state index contributed by atoms with van der Waals surface area (Å²) in [6.45, 7) is 1.57. The van der Waals surface area contributed by atoms with E-state index in [2.05, 4.69) is 27.9 Å². The highest BCUT2D eigenvalue weighted by atomic mass is 127. The third kappa shape index (κ3) is 5.90. The van der Waals surface area contributed by atoms with E-state index >= 15 is 0 Å². The number of nitrogens with one attached hydrogen (secondary N) is 1. The van der Waals surface area contributed by atoms with Gasteiger partial charge >= 0.3 is 0 Å². The van der Waals surface area contributed by atoms with E-state index in [1.54, 1.807) is 0 Å². The Bertz CT molecular complexity index is 818. The van der Waals surface area contributed by atoms with Gasteiger partial charge in [-0.2, -0.15) is 0 Å². The van der Waals surface area contributed by atoms with Crippen LogP contribution in [0.1, 0.15) is 11.3 Å². The first-order chi connectivity index (χ1) is 11.6. The highest BCUT2D eigenvalue weighted by molar-refractivity contribution is 14.1. The fourth-order valence-corrected chi connectivity index (χ4v) is 3.48. The zero-order chi connectivity index (χ0) is 16.9. The van der Waals surface area contributed by atoms with Crippen LogP contribution in [-0.2, 0) is 13.0 Å². The van der Waals surface area contributed by atoms with Gasteiger partial charge in [0.25, 0.3) is 0 Å². The molecule has 2 nitrogen and oxygen atoms in total. The largest absolute Gasteiger partial charge is 0.460 e. The molecule has 2 aromatic carbocycles. The minimum absolute atomic E-state index is 0. The molecule has 0 amide bonds. The molecule has 1 heterocycles. The lowest BCUT2D eigenvalue weighted by molar-refractivity contribution is 0.495. The van der Waals surface area contributed by atoms with Crippen LogP contribution in [0.5, 0.6) is 0 Å². The summed E-state index contributed by atoms with van der Waals surface area (Å²) in [6, 6.07) is 17.8. The Morgan fingerprint density at radius 3 is 2.44 bits per heavy atom. The molecule has 0 bridgehead atoms. The van der Waals surface area contributed by atoms with Crippen LogP contribution in [0.15, 0.2) is 59.0 Å². The second-order valence-electron chi connectivity index (χ2n) is 5.44. The van der Waals surface area contributed by atoms with E-state index in [4.69, 9.17) is 27.6 Å². The van der Waals surface area contributed by atoms with Crippen LogP contribution in [-0.4, -0.2) is 6.54 Å². The molecular weight excluding hydrogens is 491 g/mol. The van der Waals surface area contributed by atoms with Gasteiger partial charge in [0.15, 0.2) is 0 Å². The van der Waals surface area contributed by atoms with Gasteiger partial charge in [-0.15, -0.1) is 12.4 Å². The Morgan fingerprint density at radius 1 is 0.960 bits per heavy atom. The fourth-order valence-electron chi connectivity index (χ4n) is 2.40. The highest BCUT2D eigenvalue weighted by Gasteiger charge is 2.09. The third-order valence-electron chi connectivity index (χ3n) is 3.66. The minimum Gasteiger partial charge on any atom is -0.460 e. The first-order valence-corrected chi connectivity index (χ1v) is 9.44. The summed E-state index contributed by atoms with van der Waals surface area (Å²) in [7, 11) is 0. The molecule has 0 radical (unpaired) electrons. The van der Waals surface area contributed by atoms with Crippen molar-refractivity contribution in [1.82, 2.24) is 5.32 Å². The number of rotatable bonds is 6. The van der Waals surface area contributed by atoms with E-state index in [0.717, 1.165) is 38.6 Å². The van der Waals surface area contributed by atoms with Crippen LogP contribution in [0, 0.1) is 3.57 Å². The molecule has 0 aliphatic rings. The van der Waals surface area contributed by atoms with Crippen molar-refractivity contribution in [1.29, 1.82) is 0 Å². The maximum absolute atomic E-state index is 6.29. The van der Waals surface area contributed by atoms with E-state index in [-0.39, 0.29) is 12.4 Å². The van der Waals surface area contributed by atoms with Crippen molar-refractivity contribution in [3.63, 3.8) is 0 Å². The molecule has 0 aliphatic carbocycles. The minimum atomic E-state index is 0. The molecule has 0 saturated carbocycles. The molecule has 0 fully saturated rings. The quantitative estimate of drug-likeness (QED) is 0.299. The van der Waals surface area contributed by atoms with Crippen LogP contribution in [0.2, 0.25) is 10.0 Å². The average molecular weight is 509 g/mol. The molecule has 0 unspecified atom stereocenters. The summed E-state index contributed by atoms with van der Waals surface area (Å²) >= 11 is 14.4. The lowest BCUT2D eigenvalue weighted by Gasteiger charge is -2.04. The molecule has 1 N–H and O–H groups in total. The Morgan fingerprint density at radius 2 is 1.72 bits per heavy atom. The van der Waals surface area contributed by atoms with Gasteiger partial charge in [0.2, 0.25) is 0 Å². The number of hydrogen-bond acceptors (Lipinski definition) is 2. The Balaban J connectivity index is 0.00000225. The number of hydrogen-bond donors (Lipinski definition) is 1. The van der Waals surface area contributed by atoms with Crippen LogP contribution in [0.3, 0.4) is 0 Å². The number of halogens is 4. The normalized spacial score (nSPS) is 10.5. The molecule has 0 atom stereocenters. The third-order valence-corrected chi connectivity index (χ3v) is 4.90. The maximum atomic E-state index is 6.29. The monoisotopic (exact) mass is 507 g/mol. The Hall–Kier alpha value is -0.720. The van der Waals surface area contributed by atoms with Crippen molar-refractivity contribution in [2.45, 2.75) is 13.0 Å². The molecule has 6 heteroatoms. The van der Waals surface area contributed by atoms with Crippen molar-refractivity contribution in [3.05, 3.63) is 79.5 Å². The summed E-state index contributed by atoms with van der Waals surface area (Å²) in [6.07, 6.45) is 0.952. The van der Waals surface area contributed by atoms with Crippen molar-refractivity contribution in [2.24, 2.45) is 0 Å². The van der Waals surface area contributed by atoms with Gasteiger partial charge in [-0.05, 0) is 83.6 Å². The van der Waals surface area contributed by atoms with E-state index in [1.165, 1.54) is 5.56 Å². The molecule has 25 heavy (non-hydrogen) atoms. The molecule has 3 rings (SSSR count). The average Bonchev–Trinajstić information content (AvgIpc) is 3.02. The smallest absolute Gasteiger partial charge is 0.135 e. The molecule has 0 saturated heterocycles. The summed E-state index contributed by atoms with van der Waals surface area (Å²) in [5.41, 5.74) is 2.18. The van der Waals surface area contributed by atoms with Crippen LogP contribution < -0.4 is 5.32 Å². The number of benzene rings is 2. The zero-order valence-electron chi connectivity index (χ0n) is 13.3. The summed E-state index contributed by atoms with van der Waals surface area (Å²) in [4.78, 5) is 0. The van der Waals surface area contributed by atoms with Crippen LogP contribution in [0.4, 0.5) is 0 Å². The molecule has 0 spiro atoms. The second-order valence-corrected chi connectivity index (χ2v) is 7.53. The van der Waals surface area contributed by atoms with Gasteiger partial charge in [-0.3, -0.25) is 0 Å². The van der Waals surface area contributed by atoms with E-state index in [9.17, 15) is 0 Å². The van der Waals surface area contributed by atoms with Crippen molar-refractivity contribution in [2.75, 3.05) is 6.54 Å². The topological polar surface area (TPSA) is 25.2 Å². The van der Waals surface area contributed by atoms with E-state index in [1.807, 2.05) is 54.6 Å². The maximum Gasteiger partial charge on any atom is 0.135 e. The summed E-state index contributed by atoms with van der Waals surface area (Å²) in [5.74, 6) is 1.70. The van der Waals surface area contributed by atoms with Gasteiger partial charge < -0.3 is 9.73 Å². The van der Waals surface area contributed by atoms with Gasteiger partial charge in [-0.1, -0.05) is 35.3 Å². The highest BCUT2D eigenvalue weighted by Crippen LogP contribution is 2.30. The van der Waals surface area contributed by atoms with Gasteiger partial charge in [0, 0.05) is 14.2 Å². The van der Waals surface area contributed by atoms with Crippen molar-refractivity contribution in [3.8, 4) is 11.3 Å². The van der Waals surface area contributed by atoms with Crippen LogP contribution >= 0.6 is 58.2 Å². The first kappa shape index (κ1) is 20.6. The summed E-state index contributed by atoms with van der Waals surface area (Å²) in [5, 5.41) is 4.87. The van der Waals surface area contributed by atoms with Crippen molar-refractivity contribution < 1.29 is 4.42 Å². The summed E-state index contributed by atoms with van der Waals surface area (Å²) < 4.78 is 7.00. The van der Waals surface area contributed by atoms with Crippen LogP contribution in [0.25, 0.3) is 11.3 Å². The van der Waals surface area contributed by atoms with Gasteiger partial charge in [0.05, 0.1) is 11.6 Å². The molecular formula is C19H17Cl3INO. The lowest BCUT2D eigenvalue weighted by atomic mass is 10.1. The SMILES string of the molecule is Cl.Clc1ccc(CCNCc2ccc(-c3ccc(I)cc3Cl)o2)cc1. The Labute approximate surface area is 177 Å². The molecule has 132 valence electrons. The van der Waals surface area contributed by atoms with E-state index < -0.39 is 0 Å². The number of furan rings is 1. The predicted molar refractivity (Wildman–Crippen MR) is 116 cm³/mol. The van der Waals surface area contributed by atoms with Gasteiger partial charge in [0.1, 0.15) is 11.5 Å². The first-order valence-electron chi connectivity index (χ1n) is 7.61. The van der Waals surface area contributed by atoms with Gasteiger partial charge in [-0.25, -0.2) is 0 Å². The molecule has 0 aliphatic heterocycles. The zero-order valence-corrected chi connectivity index (χ0v) is 17.8. The Kier molecular flexibility index (Phi) is 8.10. The fraction of sp³-hybridized carbons (Fsp3) is 0.158. The lowest BCUT2D eigenvalue weighted by Crippen LogP contribution is -2.16. The molecule has 1 aromatic heterocycles. The van der Waals surface area contributed by atoms with Crippen molar-refractivity contribution >= 4 is 58.2 Å². The predicted octanol–water partition coefficient (Wildman–Crippen LogP) is 6.61. The standard InChI is InChI=1S/C19H16Cl2INO.ClH/c20-14-3-1-13(2-4-14)9-10-23-12-16-6-8-19(24-16)17-7-5-15(22)11-18(17)21;/h1-8,11,23H,9-10,12H2;1H.